The standard InChI is InChI=1S/C17H34N2O/c1-18-13-16(9-5-3-4-6-10-16)14-19(2)15-17(20)11-7-8-12-17/h18,20H,3-15H2,1-2H3. The van der Waals surface area contributed by atoms with E-state index in [9.17, 15) is 5.11 Å². The molecule has 118 valence electrons. The predicted octanol–water partition coefficient (Wildman–Crippen LogP) is 2.78. The van der Waals surface area contributed by atoms with E-state index in [1.165, 1.54) is 51.4 Å². The summed E-state index contributed by atoms with van der Waals surface area (Å²) in [5.74, 6) is 0. The molecule has 0 unspecified atom stereocenters. The summed E-state index contributed by atoms with van der Waals surface area (Å²) < 4.78 is 0. The number of hydrogen-bond acceptors (Lipinski definition) is 3. The Balaban J connectivity index is 1.92. The second kappa shape index (κ2) is 7.24. The van der Waals surface area contributed by atoms with Crippen molar-refractivity contribution in [2.45, 2.75) is 69.8 Å². The summed E-state index contributed by atoms with van der Waals surface area (Å²) >= 11 is 0. The summed E-state index contributed by atoms with van der Waals surface area (Å²) in [6, 6.07) is 0. The van der Waals surface area contributed by atoms with Gasteiger partial charge in [0.05, 0.1) is 5.60 Å². The van der Waals surface area contributed by atoms with Crippen molar-refractivity contribution in [2.75, 3.05) is 33.7 Å². The van der Waals surface area contributed by atoms with Crippen LogP contribution in [0.1, 0.15) is 64.2 Å². The molecule has 3 heteroatoms. The minimum absolute atomic E-state index is 0.402. The monoisotopic (exact) mass is 282 g/mol. The maximum absolute atomic E-state index is 10.6. The van der Waals surface area contributed by atoms with Crippen molar-refractivity contribution in [1.82, 2.24) is 10.2 Å². The van der Waals surface area contributed by atoms with Crippen molar-refractivity contribution in [1.29, 1.82) is 0 Å². The van der Waals surface area contributed by atoms with Gasteiger partial charge in [0.15, 0.2) is 0 Å². The summed E-state index contributed by atoms with van der Waals surface area (Å²) in [7, 11) is 4.29. The molecule has 20 heavy (non-hydrogen) atoms. The third kappa shape index (κ3) is 4.44. The Morgan fingerprint density at radius 1 is 0.900 bits per heavy atom. The highest BCUT2D eigenvalue weighted by Gasteiger charge is 2.36. The fourth-order valence-corrected chi connectivity index (χ4v) is 4.57. The number of hydrogen-bond donors (Lipinski definition) is 2. The van der Waals surface area contributed by atoms with Crippen LogP contribution >= 0.6 is 0 Å². The Hall–Kier alpha value is -0.120. The third-order valence-corrected chi connectivity index (χ3v) is 5.42. The van der Waals surface area contributed by atoms with Gasteiger partial charge >= 0.3 is 0 Å². The van der Waals surface area contributed by atoms with Crippen LogP contribution in [0.2, 0.25) is 0 Å². The molecule has 0 aromatic heterocycles. The van der Waals surface area contributed by atoms with Crippen LogP contribution in [0.15, 0.2) is 0 Å². The molecule has 2 aliphatic rings. The summed E-state index contributed by atoms with van der Waals surface area (Å²) in [5.41, 5.74) is 0.0231. The molecule has 0 aromatic rings. The Labute approximate surface area is 125 Å². The van der Waals surface area contributed by atoms with Gasteiger partial charge in [-0.25, -0.2) is 0 Å². The Morgan fingerprint density at radius 2 is 1.45 bits per heavy atom. The average molecular weight is 282 g/mol. The van der Waals surface area contributed by atoms with Crippen molar-refractivity contribution in [3.8, 4) is 0 Å². The third-order valence-electron chi connectivity index (χ3n) is 5.42. The second-order valence-electron chi connectivity index (χ2n) is 7.55. The predicted molar refractivity (Wildman–Crippen MR) is 85.0 cm³/mol. The van der Waals surface area contributed by atoms with E-state index < -0.39 is 5.60 Å². The number of nitrogens with zero attached hydrogens (tertiary/aromatic N) is 1. The first-order valence-corrected chi connectivity index (χ1v) is 8.63. The van der Waals surface area contributed by atoms with Crippen LogP contribution in [-0.2, 0) is 0 Å². The molecule has 0 bridgehead atoms. The highest BCUT2D eigenvalue weighted by Crippen LogP contribution is 2.36. The molecule has 2 saturated carbocycles. The zero-order valence-corrected chi connectivity index (χ0v) is 13.6. The lowest BCUT2D eigenvalue weighted by atomic mass is 9.79. The molecular formula is C17H34N2O. The van der Waals surface area contributed by atoms with Crippen molar-refractivity contribution in [3.63, 3.8) is 0 Å². The summed E-state index contributed by atoms with van der Waals surface area (Å²) in [5, 5.41) is 14.0. The van der Waals surface area contributed by atoms with Crippen molar-refractivity contribution >= 4 is 0 Å². The maximum atomic E-state index is 10.6. The quantitative estimate of drug-likeness (QED) is 0.735. The van der Waals surface area contributed by atoms with Crippen LogP contribution in [-0.4, -0.2) is 49.3 Å². The Morgan fingerprint density at radius 3 is 2.00 bits per heavy atom. The van der Waals surface area contributed by atoms with Gasteiger partial charge in [-0.2, -0.15) is 0 Å². The van der Waals surface area contributed by atoms with Crippen LogP contribution in [0.4, 0.5) is 0 Å². The zero-order chi connectivity index (χ0) is 14.5. The highest BCUT2D eigenvalue weighted by atomic mass is 16.3. The molecule has 0 aromatic carbocycles. The molecule has 2 N–H and O–H groups in total. The summed E-state index contributed by atoms with van der Waals surface area (Å²) in [6.07, 6.45) is 12.6. The average Bonchev–Trinajstić information content (AvgIpc) is 2.67. The van der Waals surface area contributed by atoms with Gasteiger partial charge < -0.3 is 15.3 Å². The number of nitrogens with one attached hydrogen (secondary N) is 1. The molecule has 0 aliphatic heterocycles. The fraction of sp³-hybridized carbons (Fsp3) is 1.00. The van der Waals surface area contributed by atoms with Crippen LogP contribution in [0.5, 0.6) is 0 Å². The lowest BCUT2D eigenvalue weighted by Crippen LogP contribution is -2.47. The summed E-state index contributed by atoms with van der Waals surface area (Å²) in [4.78, 5) is 2.41. The first-order valence-electron chi connectivity index (χ1n) is 8.63. The Kier molecular flexibility index (Phi) is 5.88. The molecule has 0 spiro atoms. The molecule has 0 atom stereocenters. The van der Waals surface area contributed by atoms with Gasteiger partial charge in [-0.05, 0) is 45.2 Å². The SMILES string of the molecule is CNCC1(CN(C)CC2(O)CCCC2)CCCCCC1. The van der Waals surface area contributed by atoms with E-state index >= 15 is 0 Å². The fourth-order valence-electron chi connectivity index (χ4n) is 4.57. The van der Waals surface area contributed by atoms with Crippen molar-refractivity contribution in [3.05, 3.63) is 0 Å². The van der Waals surface area contributed by atoms with E-state index in [2.05, 4.69) is 24.3 Å². The lowest BCUT2D eigenvalue weighted by Gasteiger charge is -2.39. The molecule has 0 heterocycles. The normalized spacial score (nSPS) is 25.8. The molecule has 0 amide bonds. The number of aliphatic hydroxyl groups is 1. The van der Waals surface area contributed by atoms with Gasteiger partial charge in [-0.15, -0.1) is 0 Å². The Bertz CT molecular complexity index is 279. The minimum Gasteiger partial charge on any atom is -0.389 e. The van der Waals surface area contributed by atoms with Gasteiger partial charge in [0.25, 0.3) is 0 Å². The van der Waals surface area contributed by atoms with E-state index in [0.717, 1.165) is 32.5 Å². The molecule has 0 saturated heterocycles. The first kappa shape index (κ1) is 16.3. The van der Waals surface area contributed by atoms with E-state index in [1.54, 1.807) is 0 Å². The smallest absolute Gasteiger partial charge is 0.0774 e. The molecular weight excluding hydrogens is 248 g/mol. The van der Waals surface area contributed by atoms with Gasteiger partial charge in [0, 0.05) is 19.6 Å². The molecule has 2 fully saturated rings. The van der Waals surface area contributed by atoms with Gasteiger partial charge in [-0.1, -0.05) is 38.5 Å². The van der Waals surface area contributed by atoms with Gasteiger partial charge in [0.1, 0.15) is 0 Å². The molecule has 0 radical (unpaired) electrons. The topological polar surface area (TPSA) is 35.5 Å². The second-order valence-corrected chi connectivity index (χ2v) is 7.55. The van der Waals surface area contributed by atoms with E-state index in [1.807, 2.05) is 0 Å². The minimum atomic E-state index is -0.402. The maximum Gasteiger partial charge on any atom is 0.0774 e. The van der Waals surface area contributed by atoms with Gasteiger partial charge in [-0.3, -0.25) is 0 Å². The van der Waals surface area contributed by atoms with Gasteiger partial charge in [0.2, 0.25) is 0 Å². The van der Waals surface area contributed by atoms with Crippen molar-refractivity contribution in [2.24, 2.45) is 5.41 Å². The highest BCUT2D eigenvalue weighted by molar-refractivity contribution is 4.90. The zero-order valence-electron chi connectivity index (χ0n) is 13.6. The van der Waals surface area contributed by atoms with Crippen LogP contribution in [0.3, 0.4) is 0 Å². The van der Waals surface area contributed by atoms with E-state index in [4.69, 9.17) is 0 Å². The molecule has 3 nitrogen and oxygen atoms in total. The summed E-state index contributed by atoms with van der Waals surface area (Å²) in [6.45, 7) is 3.12. The number of rotatable bonds is 6. The molecule has 2 aliphatic carbocycles. The van der Waals surface area contributed by atoms with Crippen LogP contribution in [0.25, 0.3) is 0 Å². The van der Waals surface area contributed by atoms with E-state index in [-0.39, 0.29) is 0 Å². The molecule has 2 rings (SSSR count). The first-order chi connectivity index (χ1) is 9.58. The number of likely N-dealkylation sites (N-methyl/N-ethyl adjacent to an activating group) is 1. The van der Waals surface area contributed by atoms with E-state index in [0.29, 0.717) is 5.41 Å². The van der Waals surface area contributed by atoms with Crippen LogP contribution < -0.4 is 5.32 Å². The largest absolute Gasteiger partial charge is 0.389 e. The lowest BCUT2D eigenvalue weighted by molar-refractivity contribution is 0.00356. The van der Waals surface area contributed by atoms with Crippen LogP contribution in [0, 0.1) is 5.41 Å². The van der Waals surface area contributed by atoms with Crippen molar-refractivity contribution < 1.29 is 5.11 Å².